The molecule has 142 valence electrons. The van der Waals surface area contributed by atoms with Gasteiger partial charge in [-0.3, -0.25) is 4.79 Å². The zero-order chi connectivity index (χ0) is 18.7. The fraction of sp³-hybridized carbons (Fsp3) is 0.238. The van der Waals surface area contributed by atoms with E-state index in [0.29, 0.717) is 29.9 Å². The van der Waals surface area contributed by atoms with Crippen molar-refractivity contribution in [3.8, 4) is 11.3 Å². The number of hydrogen-bond acceptors (Lipinski definition) is 3. The predicted octanol–water partition coefficient (Wildman–Crippen LogP) is 3.89. The van der Waals surface area contributed by atoms with Gasteiger partial charge in [-0.05, 0) is 56.4 Å². The Hall–Kier alpha value is -2.50. The second-order valence-corrected chi connectivity index (χ2v) is 6.70. The average molecular weight is 388 g/mol. The topological polar surface area (TPSA) is 38.1 Å². The lowest BCUT2D eigenvalue weighted by atomic mass is 10.1. The SMILES string of the molecule is Cc1cc(-c2cc(CN(C)C)c(=O)n(Cc3ccccc3)n2)ccc1F.Cl. The van der Waals surface area contributed by atoms with Crippen LogP contribution < -0.4 is 5.56 Å². The minimum atomic E-state index is -0.250. The van der Waals surface area contributed by atoms with E-state index in [1.165, 1.54) is 10.7 Å². The van der Waals surface area contributed by atoms with Gasteiger partial charge in [0.25, 0.3) is 5.56 Å². The largest absolute Gasteiger partial charge is 0.305 e. The minimum absolute atomic E-state index is 0. The molecule has 1 heterocycles. The summed E-state index contributed by atoms with van der Waals surface area (Å²) in [5.74, 6) is -0.250. The Labute approximate surface area is 164 Å². The molecule has 0 saturated carbocycles. The molecule has 27 heavy (non-hydrogen) atoms. The molecule has 0 saturated heterocycles. The molecule has 6 heteroatoms. The molecular weight excluding hydrogens is 365 g/mol. The van der Waals surface area contributed by atoms with E-state index in [1.807, 2.05) is 49.3 Å². The van der Waals surface area contributed by atoms with Crippen molar-refractivity contribution >= 4 is 12.4 Å². The van der Waals surface area contributed by atoms with Crippen molar-refractivity contribution in [1.82, 2.24) is 14.7 Å². The molecule has 0 fully saturated rings. The molecule has 3 rings (SSSR count). The molecule has 2 aromatic carbocycles. The molecule has 0 aliphatic rings. The van der Waals surface area contributed by atoms with Crippen molar-refractivity contribution in [2.75, 3.05) is 14.1 Å². The molecule has 3 aromatic rings. The lowest BCUT2D eigenvalue weighted by Crippen LogP contribution is -2.29. The zero-order valence-corrected chi connectivity index (χ0v) is 16.5. The highest BCUT2D eigenvalue weighted by Crippen LogP contribution is 2.20. The molecule has 0 aliphatic heterocycles. The predicted molar refractivity (Wildman–Crippen MR) is 109 cm³/mol. The summed E-state index contributed by atoms with van der Waals surface area (Å²) in [4.78, 5) is 14.8. The van der Waals surface area contributed by atoms with Crippen LogP contribution in [-0.4, -0.2) is 28.8 Å². The first-order chi connectivity index (χ1) is 12.4. The van der Waals surface area contributed by atoms with Gasteiger partial charge in [0, 0.05) is 17.7 Å². The van der Waals surface area contributed by atoms with Crippen molar-refractivity contribution in [2.45, 2.75) is 20.0 Å². The summed E-state index contributed by atoms with van der Waals surface area (Å²) in [6.45, 7) is 2.64. The summed E-state index contributed by atoms with van der Waals surface area (Å²) in [6.07, 6.45) is 0. The molecule has 0 spiro atoms. The zero-order valence-electron chi connectivity index (χ0n) is 15.6. The van der Waals surface area contributed by atoms with Crippen molar-refractivity contribution in [3.63, 3.8) is 0 Å². The number of hydrogen-bond donors (Lipinski definition) is 0. The Kier molecular flexibility index (Phi) is 6.88. The van der Waals surface area contributed by atoms with Crippen LogP contribution in [0.2, 0.25) is 0 Å². The molecule has 0 aliphatic carbocycles. The second kappa shape index (κ2) is 8.93. The van der Waals surface area contributed by atoms with E-state index in [-0.39, 0.29) is 23.8 Å². The van der Waals surface area contributed by atoms with Crippen molar-refractivity contribution in [2.24, 2.45) is 0 Å². The highest BCUT2D eigenvalue weighted by atomic mass is 35.5. The third-order valence-corrected chi connectivity index (χ3v) is 4.16. The normalized spacial score (nSPS) is 10.7. The van der Waals surface area contributed by atoms with Gasteiger partial charge in [-0.15, -0.1) is 12.4 Å². The fourth-order valence-corrected chi connectivity index (χ4v) is 2.86. The number of nitrogens with zero attached hydrogens (tertiary/aromatic N) is 3. The second-order valence-electron chi connectivity index (χ2n) is 6.70. The number of benzene rings is 2. The summed E-state index contributed by atoms with van der Waals surface area (Å²) >= 11 is 0. The molecule has 0 radical (unpaired) electrons. The maximum absolute atomic E-state index is 13.6. The van der Waals surface area contributed by atoms with Gasteiger partial charge in [0.15, 0.2) is 0 Å². The third kappa shape index (κ3) is 5.02. The monoisotopic (exact) mass is 387 g/mol. The molecule has 4 nitrogen and oxygen atoms in total. The maximum atomic E-state index is 13.6. The molecule has 0 N–H and O–H groups in total. The lowest BCUT2D eigenvalue weighted by molar-refractivity contribution is 0.397. The number of aryl methyl sites for hydroxylation is 1. The summed E-state index contributed by atoms with van der Waals surface area (Å²) in [6, 6.07) is 16.4. The van der Waals surface area contributed by atoms with Gasteiger partial charge in [0.05, 0.1) is 12.2 Å². The summed E-state index contributed by atoms with van der Waals surface area (Å²) in [5, 5.41) is 4.54. The molecule has 1 aromatic heterocycles. The minimum Gasteiger partial charge on any atom is -0.305 e. The van der Waals surface area contributed by atoms with Crippen LogP contribution in [0, 0.1) is 12.7 Å². The van der Waals surface area contributed by atoms with E-state index in [2.05, 4.69) is 5.10 Å². The first-order valence-electron chi connectivity index (χ1n) is 8.50. The number of rotatable bonds is 5. The average Bonchev–Trinajstić information content (AvgIpc) is 2.61. The van der Waals surface area contributed by atoms with Gasteiger partial charge >= 0.3 is 0 Å². The Bertz CT molecular complexity index is 971. The first-order valence-corrected chi connectivity index (χ1v) is 8.50. The van der Waals surface area contributed by atoms with E-state index in [1.54, 1.807) is 25.1 Å². The van der Waals surface area contributed by atoms with Gasteiger partial charge in [0.2, 0.25) is 0 Å². The Morgan fingerprint density at radius 3 is 2.41 bits per heavy atom. The van der Waals surface area contributed by atoms with E-state index in [0.717, 1.165) is 11.1 Å². The van der Waals surface area contributed by atoms with Gasteiger partial charge in [0.1, 0.15) is 5.82 Å². The van der Waals surface area contributed by atoms with Crippen LogP contribution in [0.1, 0.15) is 16.7 Å². The number of halogens is 2. The van der Waals surface area contributed by atoms with E-state index in [4.69, 9.17) is 0 Å². The van der Waals surface area contributed by atoms with Gasteiger partial charge in [-0.2, -0.15) is 5.10 Å². The van der Waals surface area contributed by atoms with Crippen LogP contribution in [0.3, 0.4) is 0 Å². The van der Waals surface area contributed by atoms with Crippen LogP contribution in [0.15, 0.2) is 59.4 Å². The summed E-state index contributed by atoms with van der Waals surface area (Å²) in [7, 11) is 3.84. The van der Waals surface area contributed by atoms with E-state index < -0.39 is 0 Å². The first kappa shape index (κ1) is 20.8. The van der Waals surface area contributed by atoms with Crippen LogP contribution in [-0.2, 0) is 13.1 Å². The molecule has 0 bridgehead atoms. The smallest absolute Gasteiger partial charge is 0.271 e. The van der Waals surface area contributed by atoms with Gasteiger partial charge in [-0.1, -0.05) is 30.3 Å². The van der Waals surface area contributed by atoms with Crippen LogP contribution in [0.5, 0.6) is 0 Å². The van der Waals surface area contributed by atoms with Crippen LogP contribution in [0.25, 0.3) is 11.3 Å². The Balaban J connectivity index is 0.00000261. The summed E-state index contributed by atoms with van der Waals surface area (Å²) < 4.78 is 15.1. The van der Waals surface area contributed by atoms with E-state index in [9.17, 15) is 9.18 Å². The highest BCUT2D eigenvalue weighted by molar-refractivity contribution is 5.85. The van der Waals surface area contributed by atoms with E-state index >= 15 is 0 Å². The Morgan fingerprint density at radius 1 is 1.07 bits per heavy atom. The maximum Gasteiger partial charge on any atom is 0.271 e. The molecule has 0 unspecified atom stereocenters. The molecule has 0 atom stereocenters. The fourth-order valence-electron chi connectivity index (χ4n) is 2.86. The van der Waals surface area contributed by atoms with Gasteiger partial charge in [-0.25, -0.2) is 9.07 Å². The van der Waals surface area contributed by atoms with Gasteiger partial charge < -0.3 is 4.90 Å². The highest BCUT2D eigenvalue weighted by Gasteiger charge is 2.12. The third-order valence-electron chi connectivity index (χ3n) is 4.16. The standard InChI is InChI=1S/C21H22FN3O.ClH/c1-15-11-17(9-10-19(15)22)20-12-18(14-24(2)3)21(26)25(23-20)13-16-7-5-4-6-8-16;/h4-12H,13-14H2,1-3H3;1H. The van der Waals surface area contributed by atoms with Crippen molar-refractivity contribution in [1.29, 1.82) is 0 Å². The van der Waals surface area contributed by atoms with Crippen LogP contribution in [0.4, 0.5) is 4.39 Å². The van der Waals surface area contributed by atoms with Crippen molar-refractivity contribution in [3.05, 3.63) is 87.5 Å². The van der Waals surface area contributed by atoms with Crippen molar-refractivity contribution < 1.29 is 4.39 Å². The summed E-state index contributed by atoms with van der Waals surface area (Å²) in [5.41, 5.74) is 3.58. The quantitative estimate of drug-likeness (QED) is 0.666. The lowest BCUT2D eigenvalue weighted by Gasteiger charge is -2.14. The Morgan fingerprint density at radius 2 is 1.78 bits per heavy atom. The van der Waals surface area contributed by atoms with Crippen LogP contribution >= 0.6 is 12.4 Å². The number of aromatic nitrogens is 2. The molecule has 0 amide bonds. The molecular formula is C21H23ClFN3O.